The molecule has 1 N–H and O–H groups in total. The van der Waals surface area contributed by atoms with E-state index in [9.17, 15) is 9.18 Å². The Hall–Kier alpha value is -3.18. The van der Waals surface area contributed by atoms with Crippen LogP contribution >= 0.6 is 69.5 Å². The number of hydrogen-bond acceptors (Lipinski definition) is 6. The van der Waals surface area contributed by atoms with Gasteiger partial charge in [0.25, 0.3) is 0 Å². The summed E-state index contributed by atoms with van der Waals surface area (Å²) in [5, 5.41) is 18.3. The van der Waals surface area contributed by atoms with Crippen LogP contribution in [0, 0.1) is 5.82 Å². The van der Waals surface area contributed by atoms with Gasteiger partial charge in [0.2, 0.25) is 11.1 Å². The summed E-state index contributed by atoms with van der Waals surface area (Å²) in [6.45, 7) is 0. The highest BCUT2D eigenvalue weighted by atomic mass is 35.5. The van der Waals surface area contributed by atoms with Gasteiger partial charge in [0.1, 0.15) is 17.4 Å². The molecular weight excluding hydrogens is 659 g/mol. The Balaban J connectivity index is 1.55. The van der Waals surface area contributed by atoms with Crippen LogP contribution in [0.25, 0.3) is 27.9 Å². The number of thiophene rings is 1. The molecule has 6 rings (SSSR count). The van der Waals surface area contributed by atoms with Gasteiger partial charge < -0.3 is 5.32 Å². The van der Waals surface area contributed by atoms with E-state index in [-0.39, 0.29) is 21.8 Å². The number of carbonyl (C=O) groups excluding carboxylic acids is 1. The van der Waals surface area contributed by atoms with E-state index in [1.165, 1.54) is 35.2 Å². The second-order valence-electron chi connectivity index (χ2n) is 8.85. The number of anilines is 1. The molecule has 3 aromatic carbocycles. The summed E-state index contributed by atoms with van der Waals surface area (Å²) in [5.41, 5.74) is 3.16. The molecule has 1 amide bonds. The highest BCUT2D eigenvalue weighted by molar-refractivity contribution is 8.04. The highest BCUT2D eigenvalue weighted by Crippen LogP contribution is 2.44. The average Bonchev–Trinajstić information content (AvgIpc) is 3.59. The number of carbonyl (C=O) groups is 1. The van der Waals surface area contributed by atoms with Crippen molar-refractivity contribution in [3.8, 4) is 21.8 Å². The summed E-state index contributed by atoms with van der Waals surface area (Å²) < 4.78 is 16.3. The SMILES string of the molecule is O=C(CCl)Nc1cc(-c2ccccc2)c(-c2nnc3n2N=C(c2cc(F)c(Cl)cc2Cl)/C(=C/c2ccccc2Cl)S3)s1. The zero-order chi connectivity index (χ0) is 29.4. The average molecular weight is 675 g/mol. The number of aromatic nitrogens is 3. The van der Waals surface area contributed by atoms with Crippen molar-refractivity contribution in [1.82, 2.24) is 14.9 Å². The molecule has 5 aromatic rings. The Kier molecular flexibility index (Phi) is 8.40. The summed E-state index contributed by atoms with van der Waals surface area (Å²) >= 11 is 27.4. The zero-order valence-electron chi connectivity index (χ0n) is 21.1. The number of nitrogens with one attached hydrogen (secondary N) is 1. The zero-order valence-corrected chi connectivity index (χ0v) is 25.8. The Morgan fingerprint density at radius 1 is 0.929 bits per heavy atom. The second kappa shape index (κ2) is 12.2. The van der Waals surface area contributed by atoms with E-state index in [0.29, 0.717) is 42.1 Å². The molecule has 0 unspecified atom stereocenters. The van der Waals surface area contributed by atoms with Gasteiger partial charge in [0.05, 0.1) is 19.9 Å². The smallest absolute Gasteiger partial charge is 0.239 e. The van der Waals surface area contributed by atoms with E-state index >= 15 is 0 Å². The van der Waals surface area contributed by atoms with Gasteiger partial charge in [-0.1, -0.05) is 83.3 Å². The molecule has 1 aliphatic rings. The topological polar surface area (TPSA) is 72.2 Å². The monoisotopic (exact) mass is 673 g/mol. The van der Waals surface area contributed by atoms with E-state index < -0.39 is 5.82 Å². The minimum atomic E-state index is -0.639. The number of nitrogens with zero attached hydrogens (tertiary/aromatic N) is 4. The molecular formula is C29H16Cl4FN5OS2. The van der Waals surface area contributed by atoms with Crippen molar-refractivity contribution < 1.29 is 9.18 Å². The first-order valence-electron chi connectivity index (χ1n) is 12.2. The Morgan fingerprint density at radius 2 is 1.69 bits per heavy atom. The number of allylic oxidation sites excluding steroid dienone is 1. The van der Waals surface area contributed by atoms with Crippen LogP contribution < -0.4 is 5.32 Å². The van der Waals surface area contributed by atoms with Gasteiger partial charge in [0, 0.05) is 21.1 Å². The van der Waals surface area contributed by atoms with Gasteiger partial charge in [-0.25, -0.2) is 4.39 Å². The van der Waals surface area contributed by atoms with Crippen molar-refractivity contribution in [2.45, 2.75) is 5.16 Å². The van der Waals surface area contributed by atoms with Crippen LogP contribution in [-0.2, 0) is 4.79 Å². The third kappa shape index (κ3) is 5.73. The first kappa shape index (κ1) is 28.9. The lowest BCUT2D eigenvalue weighted by atomic mass is 10.1. The molecule has 0 bridgehead atoms. The fourth-order valence-electron chi connectivity index (χ4n) is 4.20. The van der Waals surface area contributed by atoms with E-state index in [1.54, 1.807) is 10.7 Å². The minimum Gasteiger partial charge on any atom is -0.317 e. The van der Waals surface area contributed by atoms with Crippen molar-refractivity contribution in [2.24, 2.45) is 5.10 Å². The van der Waals surface area contributed by atoms with Crippen molar-refractivity contribution >= 4 is 92.2 Å². The van der Waals surface area contributed by atoms with Gasteiger partial charge in [-0.05, 0) is 53.2 Å². The molecule has 1 aliphatic heterocycles. The van der Waals surface area contributed by atoms with Gasteiger partial charge in [0.15, 0.2) is 5.82 Å². The molecule has 6 nitrogen and oxygen atoms in total. The number of thioether (sulfide) groups is 1. The second-order valence-corrected chi connectivity index (χ2v) is 12.4. The molecule has 0 aliphatic carbocycles. The number of benzene rings is 3. The molecule has 0 saturated heterocycles. The first-order valence-corrected chi connectivity index (χ1v) is 15.5. The van der Waals surface area contributed by atoms with Crippen LogP contribution in [-0.4, -0.2) is 32.4 Å². The molecule has 210 valence electrons. The lowest BCUT2D eigenvalue weighted by Crippen LogP contribution is -2.13. The van der Waals surface area contributed by atoms with Crippen molar-refractivity contribution in [3.05, 3.63) is 110 Å². The molecule has 3 heterocycles. The molecule has 0 radical (unpaired) electrons. The molecule has 0 fully saturated rings. The maximum Gasteiger partial charge on any atom is 0.239 e. The lowest BCUT2D eigenvalue weighted by Gasteiger charge is -2.18. The molecule has 13 heteroatoms. The van der Waals surface area contributed by atoms with E-state index in [1.807, 2.05) is 60.7 Å². The Labute approximate surface area is 267 Å². The molecule has 2 aromatic heterocycles. The number of hydrogen-bond donors (Lipinski definition) is 1. The van der Waals surface area contributed by atoms with Gasteiger partial charge in [-0.15, -0.1) is 33.1 Å². The Morgan fingerprint density at radius 3 is 2.45 bits per heavy atom. The van der Waals surface area contributed by atoms with Crippen LogP contribution in [0.15, 0.2) is 88.0 Å². The van der Waals surface area contributed by atoms with E-state index in [0.717, 1.165) is 16.7 Å². The number of rotatable bonds is 6. The number of amides is 1. The maximum absolute atomic E-state index is 14.7. The summed E-state index contributed by atoms with van der Waals surface area (Å²) in [4.78, 5) is 13.4. The summed E-state index contributed by atoms with van der Waals surface area (Å²) in [7, 11) is 0. The van der Waals surface area contributed by atoms with Crippen molar-refractivity contribution in [1.29, 1.82) is 0 Å². The number of halogens is 5. The van der Waals surface area contributed by atoms with Crippen LogP contribution in [0.3, 0.4) is 0 Å². The fraction of sp³-hybridized carbons (Fsp3) is 0.0345. The largest absolute Gasteiger partial charge is 0.317 e. The van der Waals surface area contributed by atoms with Crippen molar-refractivity contribution in [3.63, 3.8) is 0 Å². The van der Waals surface area contributed by atoms with Crippen LogP contribution in [0.5, 0.6) is 0 Å². The maximum atomic E-state index is 14.7. The first-order chi connectivity index (χ1) is 20.3. The predicted molar refractivity (Wildman–Crippen MR) is 172 cm³/mol. The Bertz CT molecular complexity index is 1910. The third-order valence-corrected chi connectivity index (χ3v) is 9.31. The standard InChI is InChI=1S/C29H16Cl4FN5OS2/c30-14-24(40)35-25-12-17(15-6-2-1-3-7-15)27(42-25)28-36-37-29-39(28)38-26(18-11-22(34)21(33)13-20(18)32)23(41-29)10-16-8-4-5-9-19(16)31/h1-13H,14H2,(H,35,40)/b23-10-. The molecule has 0 spiro atoms. The van der Waals surface area contributed by atoms with E-state index in [4.69, 9.17) is 51.5 Å². The van der Waals surface area contributed by atoms with Crippen LogP contribution in [0.1, 0.15) is 11.1 Å². The molecule has 0 saturated carbocycles. The molecule has 0 atom stereocenters. The van der Waals surface area contributed by atoms with Crippen molar-refractivity contribution in [2.75, 3.05) is 11.2 Å². The summed E-state index contributed by atoms with van der Waals surface area (Å²) in [5.74, 6) is -0.734. The number of fused-ring (bicyclic) bond motifs is 1. The van der Waals surface area contributed by atoms with Gasteiger partial charge in [-0.2, -0.15) is 9.78 Å². The summed E-state index contributed by atoms with van der Waals surface area (Å²) in [6, 6.07) is 21.4. The van der Waals surface area contributed by atoms with Crippen LogP contribution in [0.4, 0.5) is 9.39 Å². The normalized spacial score (nSPS) is 13.6. The van der Waals surface area contributed by atoms with Gasteiger partial charge >= 0.3 is 0 Å². The van der Waals surface area contributed by atoms with Gasteiger partial charge in [-0.3, -0.25) is 4.79 Å². The number of alkyl halides is 1. The lowest BCUT2D eigenvalue weighted by molar-refractivity contribution is -0.113. The van der Waals surface area contributed by atoms with E-state index in [2.05, 4.69) is 15.5 Å². The minimum absolute atomic E-state index is 0.104. The third-order valence-electron chi connectivity index (χ3n) is 6.11. The predicted octanol–water partition coefficient (Wildman–Crippen LogP) is 9.35. The van der Waals surface area contributed by atoms with Crippen LogP contribution in [0.2, 0.25) is 15.1 Å². The quantitative estimate of drug-likeness (QED) is 0.144. The summed E-state index contributed by atoms with van der Waals surface area (Å²) in [6.07, 6.45) is 1.84. The highest BCUT2D eigenvalue weighted by Gasteiger charge is 2.29. The molecule has 42 heavy (non-hydrogen) atoms. The fourth-order valence-corrected chi connectivity index (χ4v) is 6.92.